The number of imidazole rings is 1. The third-order valence-electron chi connectivity index (χ3n) is 6.81. The Bertz CT molecular complexity index is 1050. The quantitative estimate of drug-likeness (QED) is 0.382. The summed E-state index contributed by atoms with van der Waals surface area (Å²) in [5, 5.41) is 3.03. The molecule has 35 heavy (non-hydrogen) atoms. The predicted molar refractivity (Wildman–Crippen MR) is 137 cm³/mol. The highest BCUT2D eigenvalue weighted by Gasteiger charge is 2.14. The molecule has 0 bridgehead atoms. The minimum absolute atomic E-state index is 0.165. The van der Waals surface area contributed by atoms with E-state index < -0.39 is 0 Å². The van der Waals surface area contributed by atoms with Crippen LogP contribution in [0.1, 0.15) is 64.2 Å². The summed E-state index contributed by atoms with van der Waals surface area (Å²) in [6.45, 7) is 5.85. The Morgan fingerprint density at radius 2 is 1.60 bits per heavy atom. The van der Waals surface area contributed by atoms with E-state index in [1.54, 1.807) is 25.0 Å². The van der Waals surface area contributed by atoms with Gasteiger partial charge >= 0.3 is 5.69 Å². The van der Waals surface area contributed by atoms with Gasteiger partial charge in [-0.15, -0.1) is 0 Å². The number of aromatic nitrogens is 4. The maximum atomic E-state index is 12.7. The van der Waals surface area contributed by atoms with Gasteiger partial charge in [0.05, 0.1) is 19.5 Å². The van der Waals surface area contributed by atoms with Crippen LogP contribution >= 0.6 is 0 Å². The van der Waals surface area contributed by atoms with Gasteiger partial charge in [0, 0.05) is 46.7 Å². The first-order chi connectivity index (χ1) is 17.0. The van der Waals surface area contributed by atoms with Gasteiger partial charge in [0.2, 0.25) is 5.91 Å². The largest absolute Gasteiger partial charge is 0.379 e. The average Bonchev–Trinajstić information content (AvgIpc) is 3.25. The summed E-state index contributed by atoms with van der Waals surface area (Å²) in [4.78, 5) is 43.7. The van der Waals surface area contributed by atoms with Gasteiger partial charge in [0.1, 0.15) is 0 Å². The zero-order valence-electron chi connectivity index (χ0n) is 21.5. The average molecular weight is 491 g/mol. The van der Waals surface area contributed by atoms with Gasteiger partial charge < -0.3 is 14.6 Å². The normalized spacial score (nSPS) is 14.6. The Balaban J connectivity index is 1.19. The SMILES string of the molecule is Cn1cnc2c1c(=O)n(CCCCCCCCCCC(=O)NCCCN1CCOCC1)c(=O)n2C. The monoisotopic (exact) mass is 490 g/mol. The highest BCUT2D eigenvalue weighted by Crippen LogP contribution is 2.10. The summed E-state index contributed by atoms with van der Waals surface area (Å²) in [7, 11) is 3.43. The Morgan fingerprint density at radius 1 is 0.943 bits per heavy atom. The molecule has 0 aromatic carbocycles. The molecule has 196 valence electrons. The molecule has 2 aromatic heterocycles. The molecule has 3 rings (SSSR count). The molecule has 2 aromatic rings. The van der Waals surface area contributed by atoms with Crippen molar-refractivity contribution in [3.63, 3.8) is 0 Å². The van der Waals surface area contributed by atoms with Crippen LogP contribution in [0.2, 0.25) is 0 Å². The Hall–Kier alpha value is -2.46. The van der Waals surface area contributed by atoms with Gasteiger partial charge in [-0.05, 0) is 25.8 Å². The maximum Gasteiger partial charge on any atom is 0.332 e. The molecule has 1 fully saturated rings. The summed E-state index contributed by atoms with van der Waals surface area (Å²) in [5.41, 5.74) is 0.334. The van der Waals surface area contributed by atoms with Crippen molar-refractivity contribution in [3.05, 3.63) is 27.2 Å². The van der Waals surface area contributed by atoms with Crippen LogP contribution in [0.25, 0.3) is 11.2 Å². The molecule has 0 aliphatic carbocycles. The summed E-state index contributed by atoms with van der Waals surface area (Å²) in [6, 6.07) is 0. The maximum absolute atomic E-state index is 12.7. The number of rotatable bonds is 15. The van der Waals surface area contributed by atoms with E-state index >= 15 is 0 Å². The van der Waals surface area contributed by atoms with E-state index in [0.29, 0.717) is 24.1 Å². The Kier molecular flexibility index (Phi) is 11.0. The van der Waals surface area contributed by atoms with E-state index in [2.05, 4.69) is 15.2 Å². The van der Waals surface area contributed by atoms with Crippen molar-refractivity contribution in [2.75, 3.05) is 39.4 Å². The lowest BCUT2D eigenvalue weighted by Crippen LogP contribution is -2.39. The van der Waals surface area contributed by atoms with Crippen LogP contribution in [-0.4, -0.2) is 68.9 Å². The van der Waals surface area contributed by atoms with Crippen LogP contribution in [0.15, 0.2) is 15.9 Å². The number of hydrogen-bond donors (Lipinski definition) is 1. The Morgan fingerprint density at radius 3 is 2.31 bits per heavy atom. The van der Waals surface area contributed by atoms with Crippen molar-refractivity contribution >= 4 is 17.1 Å². The second kappa shape index (κ2) is 14.2. The molecular weight excluding hydrogens is 448 g/mol. The minimum atomic E-state index is -0.303. The van der Waals surface area contributed by atoms with E-state index in [4.69, 9.17) is 4.74 Å². The zero-order chi connectivity index (χ0) is 25.0. The predicted octanol–water partition coefficient (Wildman–Crippen LogP) is 1.78. The van der Waals surface area contributed by atoms with Crippen LogP contribution in [0.5, 0.6) is 0 Å². The number of carbonyl (C=O) groups is 1. The lowest BCUT2D eigenvalue weighted by molar-refractivity contribution is -0.121. The molecule has 0 saturated carbocycles. The van der Waals surface area contributed by atoms with Gasteiger partial charge in [-0.1, -0.05) is 38.5 Å². The first kappa shape index (κ1) is 27.1. The van der Waals surface area contributed by atoms with Gasteiger partial charge in [-0.3, -0.25) is 23.6 Å². The summed E-state index contributed by atoms with van der Waals surface area (Å²) in [6.07, 6.45) is 11.5. The van der Waals surface area contributed by atoms with E-state index in [0.717, 1.165) is 97.2 Å². The van der Waals surface area contributed by atoms with Gasteiger partial charge in [0.25, 0.3) is 5.56 Å². The molecule has 0 radical (unpaired) electrons. The molecule has 3 heterocycles. The molecule has 10 heteroatoms. The molecule has 1 saturated heterocycles. The number of aryl methyl sites for hydroxylation is 2. The number of fused-ring (bicyclic) bond motifs is 1. The third kappa shape index (κ3) is 8.03. The van der Waals surface area contributed by atoms with Crippen LogP contribution in [0.3, 0.4) is 0 Å². The van der Waals surface area contributed by atoms with Gasteiger partial charge in [-0.25, -0.2) is 9.78 Å². The molecule has 1 aliphatic heterocycles. The van der Waals surface area contributed by atoms with Crippen LogP contribution in [0.4, 0.5) is 0 Å². The minimum Gasteiger partial charge on any atom is -0.379 e. The van der Waals surface area contributed by atoms with E-state index in [1.165, 1.54) is 9.13 Å². The fourth-order valence-corrected chi connectivity index (χ4v) is 4.65. The number of carbonyl (C=O) groups excluding carboxylic acids is 1. The number of nitrogens with one attached hydrogen (secondary N) is 1. The van der Waals surface area contributed by atoms with Crippen LogP contribution in [-0.2, 0) is 30.2 Å². The highest BCUT2D eigenvalue weighted by molar-refractivity contribution is 5.75. The molecule has 0 spiro atoms. The smallest absolute Gasteiger partial charge is 0.332 e. The second-order valence-corrected chi connectivity index (χ2v) is 9.56. The molecule has 1 N–H and O–H groups in total. The third-order valence-corrected chi connectivity index (χ3v) is 6.81. The van der Waals surface area contributed by atoms with Crippen molar-refractivity contribution in [2.45, 2.75) is 70.8 Å². The number of amides is 1. The van der Waals surface area contributed by atoms with E-state index in [-0.39, 0.29) is 17.2 Å². The van der Waals surface area contributed by atoms with Crippen molar-refractivity contribution in [1.29, 1.82) is 0 Å². The van der Waals surface area contributed by atoms with Crippen molar-refractivity contribution < 1.29 is 9.53 Å². The summed E-state index contributed by atoms with van der Waals surface area (Å²) in [5.74, 6) is 0.165. The fraction of sp³-hybridized carbons (Fsp3) is 0.760. The lowest BCUT2D eigenvalue weighted by Gasteiger charge is -2.26. The highest BCUT2D eigenvalue weighted by atomic mass is 16.5. The van der Waals surface area contributed by atoms with Crippen LogP contribution in [0, 0.1) is 0 Å². The van der Waals surface area contributed by atoms with E-state index in [1.807, 2.05) is 0 Å². The second-order valence-electron chi connectivity index (χ2n) is 9.56. The standard InChI is InChI=1S/C25H42N6O4/c1-28-20-27-23-22(28)24(33)31(25(34)29(23)2)15-10-8-6-4-3-5-7-9-12-21(32)26-13-11-14-30-16-18-35-19-17-30/h20H,3-19H2,1-2H3,(H,26,32). The number of hydrogen-bond acceptors (Lipinski definition) is 6. The first-order valence-electron chi connectivity index (χ1n) is 13.2. The van der Waals surface area contributed by atoms with Crippen molar-refractivity contribution in [3.8, 4) is 0 Å². The molecule has 10 nitrogen and oxygen atoms in total. The number of nitrogens with zero attached hydrogens (tertiary/aromatic N) is 5. The molecule has 0 atom stereocenters. The van der Waals surface area contributed by atoms with Crippen LogP contribution < -0.4 is 16.6 Å². The van der Waals surface area contributed by atoms with Gasteiger partial charge in [-0.2, -0.15) is 0 Å². The lowest BCUT2D eigenvalue weighted by atomic mass is 10.1. The molecule has 1 amide bonds. The van der Waals surface area contributed by atoms with Gasteiger partial charge in [0.15, 0.2) is 11.2 Å². The molecule has 0 unspecified atom stereocenters. The number of ether oxygens (including phenoxy) is 1. The summed E-state index contributed by atoms with van der Waals surface area (Å²) < 4.78 is 9.79. The fourth-order valence-electron chi connectivity index (χ4n) is 4.65. The van der Waals surface area contributed by atoms with Crippen molar-refractivity contribution in [2.24, 2.45) is 14.1 Å². The Labute approximate surface area is 207 Å². The zero-order valence-corrected chi connectivity index (χ0v) is 21.5. The molecule has 1 aliphatic rings. The number of unbranched alkanes of at least 4 members (excludes halogenated alkanes) is 7. The summed E-state index contributed by atoms with van der Waals surface area (Å²) >= 11 is 0. The van der Waals surface area contributed by atoms with E-state index in [9.17, 15) is 14.4 Å². The van der Waals surface area contributed by atoms with Crippen molar-refractivity contribution in [1.82, 2.24) is 28.9 Å². The number of morpholine rings is 1. The molecular formula is C25H42N6O4. The first-order valence-corrected chi connectivity index (χ1v) is 13.2. The topological polar surface area (TPSA) is 103 Å².